The summed E-state index contributed by atoms with van der Waals surface area (Å²) < 4.78 is 5.08. The molecular formula is C19H20N2O3. The molecule has 24 heavy (non-hydrogen) atoms. The fourth-order valence-corrected chi connectivity index (χ4v) is 2.74. The van der Waals surface area contributed by atoms with E-state index in [1.54, 1.807) is 36.3 Å². The van der Waals surface area contributed by atoms with Gasteiger partial charge in [-0.2, -0.15) is 0 Å². The van der Waals surface area contributed by atoms with Gasteiger partial charge in [0.05, 0.1) is 7.11 Å². The largest absolute Gasteiger partial charge is 0.497 e. The molecule has 5 heteroatoms. The highest BCUT2D eigenvalue weighted by Crippen LogP contribution is 2.21. The minimum Gasteiger partial charge on any atom is -0.497 e. The quantitative estimate of drug-likeness (QED) is 0.920. The Hall–Kier alpha value is -2.82. The summed E-state index contributed by atoms with van der Waals surface area (Å²) in [6.45, 7) is 1.23. The third kappa shape index (κ3) is 3.56. The number of ether oxygens (including phenoxy) is 1. The summed E-state index contributed by atoms with van der Waals surface area (Å²) in [5.74, 6) is 0.769. The van der Waals surface area contributed by atoms with Crippen molar-refractivity contribution in [3.63, 3.8) is 0 Å². The molecule has 1 fully saturated rings. The molecule has 0 radical (unpaired) electrons. The van der Waals surface area contributed by atoms with Crippen molar-refractivity contribution in [2.45, 2.75) is 19.4 Å². The molecule has 2 aromatic rings. The molecule has 2 aromatic carbocycles. The lowest BCUT2D eigenvalue weighted by atomic mass is 10.1. The van der Waals surface area contributed by atoms with Gasteiger partial charge in [-0.3, -0.25) is 9.59 Å². The van der Waals surface area contributed by atoms with Crippen LogP contribution in [0.15, 0.2) is 48.5 Å². The van der Waals surface area contributed by atoms with Crippen LogP contribution in [0, 0.1) is 0 Å². The second kappa shape index (κ2) is 7.17. The van der Waals surface area contributed by atoms with Gasteiger partial charge in [0.1, 0.15) is 5.75 Å². The maximum Gasteiger partial charge on any atom is 0.251 e. The number of rotatable bonds is 5. The highest BCUT2D eigenvalue weighted by Gasteiger charge is 2.21. The van der Waals surface area contributed by atoms with E-state index in [0.717, 1.165) is 30.0 Å². The summed E-state index contributed by atoms with van der Waals surface area (Å²) in [5.41, 5.74) is 2.50. The molecule has 3 rings (SSSR count). The van der Waals surface area contributed by atoms with E-state index in [4.69, 9.17) is 4.74 Å². The van der Waals surface area contributed by atoms with Crippen molar-refractivity contribution in [3.05, 3.63) is 59.7 Å². The van der Waals surface area contributed by atoms with Gasteiger partial charge in [0, 0.05) is 30.8 Å². The lowest BCUT2D eigenvalue weighted by Gasteiger charge is -2.16. The number of carbonyl (C=O) groups excluding carboxylic acids is 2. The van der Waals surface area contributed by atoms with Crippen LogP contribution < -0.4 is 15.0 Å². The number of anilines is 1. The SMILES string of the molecule is COc1ccc(C(=O)NCc2ccc(N3CCCC3=O)cc2)cc1. The first-order valence-electron chi connectivity index (χ1n) is 7.99. The van der Waals surface area contributed by atoms with Crippen molar-refractivity contribution in [2.75, 3.05) is 18.6 Å². The molecule has 0 unspecified atom stereocenters. The summed E-state index contributed by atoms with van der Waals surface area (Å²) in [4.78, 5) is 25.7. The summed E-state index contributed by atoms with van der Waals surface area (Å²) in [6, 6.07) is 14.7. The molecule has 1 heterocycles. The molecule has 124 valence electrons. The van der Waals surface area contributed by atoms with Crippen molar-refractivity contribution in [1.29, 1.82) is 0 Å². The van der Waals surface area contributed by atoms with Gasteiger partial charge in [0.2, 0.25) is 5.91 Å². The Balaban J connectivity index is 1.57. The van der Waals surface area contributed by atoms with Gasteiger partial charge in [-0.05, 0) is 48.4 Å². The van der Waals surface area contributed by atoms with Gasteiger partial charge in [-0.25, -0.2) is 0 Å². The van der Waals surface area contributed by atoms with Crippen LogP contribution in [0.5, 0.6) is 5.75 Å². The van der Waals surface area contributed by atoms with E-state index in [-0.39, 0.29) is 11.8 Å². The van der Waals surface area contributed by atoms with Crippen molar-refractivity contribution >= 4 is 17.5 Å². The van der Waals surface area contributed by atoms with Crippen LogP contribution in [0.2, 0.25) is 0 Å². The zero-order valence-electron chi connectivity index (χ0n) is 13.6. The van der Waals surface area contributed by atoms with E-state index in [9.17, 15) is 9.59 Å². The number of hydrogen-bond donors (Lipinski definition) is 1. The minimum absolute atomic E-state index is 0.128. The van der Waals surface area contributed by atoms with Gasteiger partial charge in [0.15, 0.2) is 0 Å². The molecule has 2 amide bonds. The van der Waals surface area contributed by atoms with Crippen molar-refractivity contribution < 1.29 is 14.3 Å². The zero-order valence-corrected chi connectivity index (χ0v) is 13.6. The summed E-state index contributed by atoms with van der Waals surface area (Å²) >= 11 is 0. The first-order chi connectivity index (χ1) is 11.7. The Morgan fingerprint density at radius 3 is 2.42 bits per heavy atom. The molecule has 0 aromatic heterocycles. The van der Waals surface area contributed by atoms with Crippen molar-refractivity contribution in [3.8, 4) is 5.75 Å². The van der Waals surface area contributed by atoms with Crippen LogP contribution in [-0.4, -0.2) is 25.5 Å². The monoisotopic (exact) mass is 324 g/mol. The minimum atomic E-state index is -0.128. The number of carbonyl (C=O) groups is 2. The number of methoxy groups -OCH3 is 1. The Kier molecular flexibility index (Phi) is 4.79. The Labute approximate surface area is 141 Å². The predicted octanol–water partition coefficient (Wildman–Crippen LogP) is 2.75. The normalized spacial score (nSPS) is 13.9. The van der Waals surface area contributed by atoms with Crippen LogP contribution in [-0.2, 0) is 11.3 Å². The smallest absolute Gasteiger partial charge is 0.251 e. The van der Waals surface area contributed by atoms with Crippen LogP contribution >= 0.6 is 0 Å². The summed E-state index contributed by atoms with van der Waals surface area (Å²) in [7, 11) is 1.59. The van der Waals surface area contributed by atoms with E-state index in [2.05, 4.69) is 5.32 Å². The fourth-order valence-electron chi connectivity index (χ4n) is 2.74. The Morgan fingerprint density at radius 2 is 1.83 bits per heavy atom. The zero-order chi connectivity index (χ0) is 16.9. The highest BCUT2D eigenvalue weighted by atomic mass is 16.5. The van der Waals surface area contributed by atoms with Crippen LogP contribution in [0.25, 0.3) is 0 Å². The lowest BCUT2D eigenvalue weighted by Crippen LogP contribution is -2.24. The van der Waals surface area contributed by atoms with Gasteiger partial charge < -0.3 is 15.0 Å². The standard InChI is InChI=1S/C19H20N2O3/c1-24-17-10-6-15(7-11-17)19(23)20-13-14-4-8-16(9-5-14)21-12-2-3-18(21)22/h4-11H,2-3,12-13H2,1H3,(H,20,23). The van der Waals surface area contributed by atoms with Gasteiger partial charge in [0.25, 0.3) is 5.91 Å². The van der Waals surface area contributed by atoms with Gasteiger partial charge in [-0.1, -0.05) is 12.1 Å². The molecule has 0 saturated carbocycles. The average Bonchev–Trinajstić information content (AvgIpc) is 3.06. The maximum atomic E-state index is 12.1. The topological polar surface area (TPSA) is 58.6 Å². The summed E-state index contributed by atoms with van der Waals surface area (Å²) in [5, 5.41) is 2.89. The number of benzene rings is 2. The summed E-state index contributed by atoms with van der Waals surface area (Å²) in [6.07, 6.45) is 1.54. The molecule has 5 nitrogen and oxygen atoms in total. The number of nitrogens with zero attached hydrogens (tertiary/aromatic N) is 1. The van der Waals surface area contributed by atoms with E-state index in [1.807, 2.05) is 24.3 Å². The first-order valence-corrected chi connectivity index (χ1v) is 7.99. The van der Waals surface area contributed by atoms with E-state index < -0.39 is 0 Å². The maximum absolute atomic E-state index is 12.1. The third-order valence-electron chi connectivity index (χ3n) is 4.13. The van der Waals surface area contributed by atoms with Gasteiger partial charge in [-0.15, -0.1) is 0 Å². The molecule has 0 spiro atoms. The molecule has 1 saturated heterocycles. The van der Waals surface area contributed by atoms with Crippen LogP contribution in [0.4, 0.5) is 5.69 Å². The van der Waals surface area contributed by atoms with E-state index in [1.165, 1.54) is 0 Å². The van der Waals surface area contributed by atoms with Crippen molar-refractivity contribution in [1.82, 2.24) is 5.32 Å². The van der Waals surface area contributed by atoms with Crippen molar-refractivity contribution in [2.24, 2.45) is 0 Å². The molecule has 0 bridgehead atoms. The van der Waals surface area contributed by atoms with Crippen LogP contribution in [0.3, 0.4) is 0 Å². The second-order valence-corrected chi connectivity index (χ2v) is 5.73. The van der Waals surface area contributed by atoms with E-state index >= 15 is 0 Å². The fraction of sp³-hybridized carbons (Fsp3) is 0.263. The lowest BCUT2D eigenvalue weighted by molar-refractivity contribution is -0.117. The average molecular weight is 324 g/mol. The molecule has 1 aliphatic rings. The predicted molar refractivity (Wildman–Crippen MR) is 92.2 cm³/mol. The molecule has 1 N–H and O–H groups in total. The number of nitrogens with one attached hydrogen (secondary N) is 1. The highest BCUT2D eigenvalue weighted by molar-refractivity contribution is 5.95. The molecular weight excluding hydrogens is 304 g/mol. The Bertz CT molecular complexity index is 723. The third-order valence-corrected chi connectivity index (χ3v) is 4.13. The molecule has 0 atom stereocenters. The number of amides is 2. The number of hydrogen-bond acceptors (Lipinski definition) is 3. The van der Waals surface area contributed by atoms with E-state index in [0.29, 0.717) is 18.5 Å². The first kappa shape index (κ1) is 16.1. The molecule has 1 aliphatic heterocycles. The second-order valence-electron chi connectivity index (χ2n) is 5.73. The Morgan fingerprint density at radius 1 is 1.12 bits per heavy atom. The molecule has 0 aliphatic carbocycles. The van der Waals surface area contributed by atoms with Gasteiger partial charge >= 0.3 is 0 Å². The van der Waals surface area contributed by atoms with Crippen LogP contribution in [0.1, 0.15) is 28.8 Å².